The largest absolute Gasteiger partial charge is 0.358 e. The van der Waals surface area contributed by atoms with Crippen molar-refractivity contribution in [2.24, 2.45) is 5.92 Å². The molecule has 0 radical (unpaired) electrons. The summed E-state index contributed by atoms with van der Waals surface area (Å²) in [7, 11) is 0. The first-order chi connectivity index (χ1) is 9.10. The van der Waals surface area contributed by atoms with Crippen molar-refractivity contribution in [1.82, 2.24) is 14.7 Å². The van der Waals surface area contributed by atoms with E-state index in [9.17, 15) is 14.5 Å². The summed E-state index contributed by atoms with van der Waals surface area (Å²) in [5.74, 6) is 0.252. The highest BCUT2D eigenvalue weighted by Crippen LogP contribution is 2.23. The van der Waals surface area contributed by atoms with E-state index in [2.05, 4.69) is 10.00 Å². The molecule has 0 atom stereocenters. The summed E-state index contributed by atoms with van der Waals surface area (Å²) in [6, 6.07) is 1.26. The Morgan fingerprint density at radius 2 is 2.21 bits per heavy atom. The maximum atomic E-state index is 12.2. The Morgan fingerprint density at radius 3 is 2.79 bits per heavy atom. The molecular weight excluding hydrogens is 275 g/mol. The smallest absolute Gasteiger partial charge is 0.346 e. The van der Waals surface area contributed by atoms with Gasteiger partial charge in [-0.2, -0.15) is 0 Å². The molecule has 0 aliphatic carbocycles. The van der Waals surface area contributed by atoms with Gasteiger partial charge in [-0.05, 0) is 30.9 Å². The summed E-state index contributed by atoms with van der Waals surface area (Å²) < 4.78 is 13.6. The second-order valence-electron chi connectivity index (χ2n) is 4.74. The normalized spacial score (nSPS) is 17.8. The number of piperidine rings is 1. The van der Waals surface area contributed by atoms with Gasteiger partial charge in [0, 0.05) is 12.5 Å². The van der Waals surface area contributed by atoms with Crippen molar-refractivity contribution in [2.45, 2.75) is 19.4 Å². The zero-order valence-corrected chi connectivity index (χ0v) is 11.2. The number of nitro groups is 1. The van der Waals surface area contributed by atoms with Crippen molar-refractivity contribution in [3.05, 3.63) is 21.3 Å². The first kappa shape index (κ1) is 14.2. The number of hydrogen-bond acceptors (Lipinski definition) is 4. The van der Waals surface area contributed by atoms with Crippen molar-refractivity contribution in [2.75, 3.05) is 26.3 Å². The third-order valence-electron chi connectivity index (χ3n) is 3.45. The molecule has 0 aromatic carbocycles. The Bertz CT molecular complexity index is 446. The quantitative estimate of drug-likeness (QED) is 0.615. The monoisotopic (exact) mass is 290 g/mol. The molecular formula is C11H16ClFN4O2. The van der Waals surface area contributed by atoms with E-state index >= 15 is 0 Å². The van der Waals surface area contributed by atoms with Crippen molar-refractivity contribution >= 4 is 17.4 Å². The van der Waals surface area contributed by atoms with Gasteiger partial charge in [-0.25, -0.2) is 4.39 Å². The van der Waals surface area contributed by atoms with Crippen LogP contribution in [0.3, 0.4) is 0 Å². The van der Waals surface area contributed by atoms with Crippen molar-refractivity contribution in [3.8, 4) is 0 Å². The third kappa shape index (κ3) is 3.63. The maximum absolute atomic E-state index is 12.2. The topological polar surface area (TPSA) is 64.2 Å². The van der Waals surface area contributed by atoms with E-state index in [1.807, 2.05) is 0 Å². The van der Waals surface area contributed by atoms with Gasteiger partial charge in [0.25, 0.3) is 0 Å². The second-order valence-corrected chi connectivity index (χ2v) is 5.13. The van der Waals surface area contributed by atoms with Crippen LogP contribution in [0, 0.1) is 16.0 Å². The van der Waals surface area contributed by atoms with Crippen LogP contribution < -0.4 is 0 Å². The van der Waals surface area contributed by atoms with E-state index in [1.54, 1.807) is 0 Å². The second kappa shape index (κ2) is 6.29. The van der Waals surface area contributed by atoms with Gasteiger partial charge in [0.05, 0.1) is 6.07 Å². The van der Waals surface area contributed by atoms with Gasteiger partial charge in [-0.1, -0.05) is 16.7 Å². The van der Waals surface area contributed by atoms with Crippen LogP contribution in [0.1, 0.15) is 12.8 Å². The molecule has 0 saturated carbocycles. The van der Waals surface area contributed by atoms with Gasteiger partial charge in [-0.3, -0.25) is 0 Å². The van der Waals surface area contributed by atoms with E-state index in [1.165, 1.54) is 10.7 Å². The van der Waals surface area contributed by atoms with E-state index in [0.717, 1.165) is 25.9 Å². The average Bonchev–Trinajstić information content (AvgIpc) is 2.73. The molecule has 6 nitrogen and oxygen atoms in total. The molecule has 0 N–H and O–H groups in total. The molecule has 1 aliphatic heterocycles. The van der Waals surface area contributed by atoms with Crippen molar-refractivity contribution in [1.29, 1.82) is 0 Å². The lowest BCUT2D eigenvalue weighted by Crippen LogP contribution is -2.36. The Labute approximate surface area is 115 Å². The van der Waals surface area contributed by atoms with E-state index in [0.29, 0.717) is 19.0 Å². The number of nitrogens with zero attached hydrogens (tertiary/aromatic N) is 4. The molecule has 0 amide bonds. The van der Waals surface area contributed by atoms with Gasteiger partial charge in [0.2, 0.25) is 0 Å². The molecule has 2 heterocycles. The molecule has 2 rings (SSSR count). The summed E-state index contributed by atoms with van der Waals surface area (Å²) >= 11 is 5.71. The minimum Gasteiger partial charge on any atom is -0.358 e. The predicted octanol–water partition coefficient (Wildman–Crippen LogP) is 2.13. The number of rotatable bonds is 5. The van der Waals surface area contributed by atoms with Crippen LogP contribution in [0.5, 0.6) is 0 Å². The first-order valence-corrected chi connectivity index (χ1v) is 6.64. The number of alkyl halides is 1. The molecule has 1 fully saturated rings. The summed E-state index contributed by atoms with van der Waals surface area (Å²) in [5.41, 5.74) is 0. The fraction of sp³-hybridized carbons (Fsp3) is 0.727. The molecule has 106 valence electrons. The van der Waals surface area contributed by atoms with Crippen molar-refractivity contribution < 1.29 is 9.31 Å². The Morgan fingerprint density at radius 1 is 1.53 bits per heavy atom. The molecule has 0 unspecified atom stereocenters. The highest BCUT2D eigenvalue weighted by atomic mass is 35.5. The van der Waals surface area contributed by atoms with Gasteiger partial charge >= 0.3 is 5.82 Å². The van der Waals surface area contributed by atoms with Gasteiger partial charge in [0.15, 0.2) is 5.15 Å². The Balaban J connectivity index is 1.94. The van der Waals surface area contributed by atoms with Crippen LogP contribution in [0.15, 0.2) is 6.07 Å². The van der Waals surface area contributed by atoms with E-state index in [4.69, 9.17) is 11.6 Å². The number of likely N-dealkylation sites (tertiary alicyclic amines) is 1. The Hall–Kier alpha value is -1.21. The van der Waals surface area contributed by atoms with Crippen LogP contribution in [-0.2, 0) is 6.54 Å². The summed E-state index contributed by atoms with van der Waals surface area (Å²) in [4.78, 5) is 12.4. The average molecular weight is 291 g/mol. The summed E-state index contributed by atoms with van der Waals surface area (Å²) in [6.45, 7) is 2.30. The molecule has 19 heavy (non-hydrogen) atoms. The van der Waals surface area contributed by atoms with E-state index < -0.39 is 4.92 Å². The fourth-order valence-corrected chi connectivity index (χ4v) is 2.60. The molecule has 0 spiro atoms. The zero-order chi connectivity index (χ0) is 13.8. The van der Waals surface area contributed by atoms with Gasteiger partial charge in [-0.15, -0.1) is 4.68 Å². The summed E-state index contributed by atoms with van der Waals surface area (Å²) in [5, 5.41) is 14.9. The molecule has 1 saturated heterocycles. The molecule has 8 heteroatoms. The van der Waals surface area contributed by atoms with Crippen LogP contribution in [-0.4, -0.2) is 45.9 Å². The lowest BCUT2D eigenvalue weighted by molar-refractivity contribution is -0.392. The van der Waals surface area contributed by atoms with Crippen LogP contribution >= 0.6 is 11.6 Å². The molecule has 1 aromatic heterocycles. The minimum atomic E-state index is -0.475. The standard InChI is InChI=1S/C11H16ClFN4O2/c12-10-7-11(17(18)19)16(14-10)8-9-1-4-15(5-2-9)6-3-13/h7,9H,1-6,8H2. The summed E-state index contributed by atoms with van der Waals surface area (Å²) in [6.07, 6.45) is 1.79. The highest BCUT2D eigenvalue weighted by Gasteiger charge is 2.25. The first-order valence-electron chi connectivity index (χ1n) is 6.26. The minimum absolute atomic E-state index is 0.0730. The van der Waals surface area contributed by atoms with Crippen LogP contribution in [0.4, 0.5) is 10.2 Å². The predicted molar refractivity (Wildman–Crippen MR) is 69.0 cm³/mol. The lowest BCUT2D eigenvalue weighted by atomic mass is 9.97. The molecule has 0 bridgehead atoms. The number of hydrogen-bond donors (Lipinski definition) is 0. The number of halogens is 2. The maximum Gasteiger partial charge on any atom is 0.346 e. The van der Waals surface area contributed by atoms with Crippen LogP contribution in [0.2, 0.25) is 5.15 Å². The Kier molecular flexibility index (Phi) is 4.71. The number of aromatic nitrogens is 2. The fourth-order valence-electron chi connectivity index (χ4n) is 2.41. The van der Waals surface area contributed by atoms with Gasteiger partial charge < -0.3 is 15.0 Å². The van der Waals surface area contributed by atoms with Crippen molar-refractivity contribution in [3.63, 3.8) is 0 Å². The highest BCUT2D eigenvalue weighted by molar-refractivity contribution is 6.29. The van der Waals surface area contributed by atoms with Gasteiger partial charge in [0.1, 0.15) is 13.2 Å². The SMILES string of the molecule is O=[N+]([O-])c1cc(Cl)nn1CC1CCN(CCF)CC1. The third-order valence-corrected chi connectivity index (χ3v) is 3.64. The lowest BCUT2D eigenvalue weighted by Gasteiger charge is -2.30. The molecule has 1 aliphatic rings. The van der Waals surface area contributed by atoms with E-state index in [-0.39, 0.29) is 17.6 Å². The molecule has 1 aromatic rings. The van der Waals surface area contributed by atoms with Crippen LogP contribution in [0.25, 0.3) is 0 Å². The zero-order valence-electron chi connectivity index (χ0n) is 10.5.